The number of hydrogen-bond donors (Lipinski definition) is 2. The lowest BCUT2D eigenvalue weighted by atomic mass is 9.55. The first-order chi connectivity index (χ1) is 7.69. The first kappa shape index (κ1) is 11.7. The number of nitrogens with two attached hydrogens (primary N) is 2. The quantitative estimate of drug-likeness (QED) is 0.760. The van der Waals surface area contributed by atoms with E-state index in [0.717, 1.165) is 23.6 Å². The van der Waals surface area contributed by atoms with E-state index < -0.39 is 0 Å². The Hall–Kier alpha value is 0.620. The highest BCUT2D eigenvalue weighted by atomic mass is 32.2. The van der Waals surface area contributed by atoms with Crippen molar-refractivity contribution in [3.05, 3.63) is 0 Å². The molecule has 0 aromatic carbocycles. The molecule has 92 valence electrons. The molecule has 4 N–H and O–H groups in total. The van der Waals surface area contributed by atoms with Gasteiger partial charge in [0.2, 0.25) is 0 Å². The van der Waals surface area contributed by atoms with E-state index in [0.29, 0.717) is 9.49 Å². The predicted molar refractivity (Wildman–Crippen MR) is 73.4 cm³/mol. The van der Waals surface area contributed by atoms with Crippen LogP contribution in [0.4, 0.5) is 0 Å². The molecular formula is C12H22N2S2. The second-order valence-corrected chi connectivity index (χ2v) is 8.93. The third-order valence-electron chi connectivity index (χ3n) is 4.73. The highest BCUT2D eigenvalue weighted by Crippen LogP contribution is 2.65. The molecule has 4 rings (SSSR count). The highest BCUT2D eigenvalue weighted by Gasteiger charge is 2.57. The molecule has 0 atom stereocenters. The molecule has 4 heteroatoms. The summed E-state index contributed by atoms with van der Waals surface area (Å²) in [4.78, 5) is 0. The van der Waals surface area contributed by atoms with Gasteiger partial charge in [-0.2, -0.15) is 0 Å². The SMILES string of the molecule is NCSC12CC3CC(C1)CC(SCN)(C3)C2. The third-order valence-corrected chi connectivity index (χ3v) is 7.25. The van der Waals surface area contributed by atoms with Gasteiger partial charge in [-0.3, -0.25) is 0 Å². The van der Waals surface area contributed by atoms with Crippen LogP contribution in [0.3, 0.4) is 0 Å². The Morgan fingerprint density at radius 2 is 1.31 bits per heavy atom. The monoisotopic (exact) mass is 258 g/mol. The Balaban J connectivity index is 1.85. The molecule has 0 heterocycles. The Kier molecular flexibility index (Phi) is 2.98. The summed E-state index contributed by atoms with van der Waals surface area (Å²) in [5, 5.41) is 0. The molecule has 4 saturated carbocycles. The maximum absolute atomic E-state index is 5.80. The Labute approximate surface area is 107 Å². The van der Waals surface area contributed by atoms with Crippen molar-refractivity contribution < 1.29 is 0 Å². The van der Waals surface area contributed by atoms with E-state index in [-0.39, 0.29) is 0 Å². The van der Waals surface area contributed by atoms with Gasteiger partial charge in [0.1, 0.15) is 0 Å². The van der Waals surface area contributed by atoms with Crippen LogP contribution in [-0.4, -0.2) is 21.2 Å². The average Bonchev–Trinajstić information content (AvgIpc) is 2.14. The fraction of sp³-hybridized carbons (Fsp3) is 1.00. The number of hydrogen-bond acceptors (Lipinski definition) is 4. The van der Waals surface area contributed by atoms with Crippen molar-refractivity contribution in [3.63, 3.8) is 0 Å². The summed E-state index contributed by atoms with van der Waals surface area (Å²) in [7, 11) is 0. The van der Waals surface area contributed by atoms with E-state index in [4.69, 9.17) is 11.5 Å². The van der Waals surface area contributed by atoms with E-state index >= 15 is 0 Å². The fourth-order valence-electron chi connectivity index (χ4n) is 4.79. The summed E-state index contributed by atoms with van der Waals surface area (Å²) in [6, 6.07) is 0. The standard InChI is InChI=1S/C12H22N2S2/c13-7-15-11-2-9-1-10(4-11)5-12(3-9,6-11)16-8-14/h9-10H,1-8,13-14H2. The van der Waals surface area contributed by atoms with Crippen LogP contribution in [0.1, 0.15) is 38.5 Å². The molecule has 0 radical (unpaired) electrons. The van der Waals surface area contributed by atoms with Gasteiger partial charge in [-0.05, 0) is 50.4 Å². The zero-order valence-corrected chi connectivity index (χ0v) is 11.4. The van der Waals surface area contributed by atoms with Crippen molar-refractivity contribution in [1.29, 1.82) is 0 Å². The minimum absolute atomic E-state index is 0.529. The van der Waals surface area contributed by atoms with E-state index in [1.807, 2.05) is 23.5 Å². The van der Waals surface area contributed by atoms with Gasteiger partial charge >= 0.3 is 0 Å². The largest absolute Gasteiger partial charge is 0.322 e. The molecule has 0 saturated heterocycles. The highest BCUT2D eigenvalue weighted by molar-refractivity contribution is 8.01. The molecule has 0 spiro atoms. The minimum atomic E-state index is 0.529. The summed E-state index contributed by atoms with van der Waals surface area (Å²) >= 11 is 4.07. The van der Waals surface area contributed by atoms with Crippen molar-refractivity contribution in [1.82, 2.24) is 0 Å². The van der Waals surface area contributed by atoms with Crippen LogP contribution in [-0.2, 0) is 0 Å². The summed E-state index contributed by atoms with van der Waals surface area (Å²) in [5.74, 6) is 3.53. The summed E-state index contributed by atoms with van der Waals surface area (Å²) in [6.45, 7) is 0. The molecular weight excluding hydrogens is 236 g/mol. The van der Waals surface area contributed by atoms with Crippen molar-refractivity contribution >= 4 is 23.5 Å². The van der Waals surface area contributed by atoms with Gasteiger partial charge in [0.25, 0.3) is 0 Å². The van der Waals surface area contributed by atoms with Gasteiger partial charge in [0, 0.05) is 21.2 Å². The Morgan fingerprint density at radius 3 is 1.69 bits per heavy atom. The molecule has 0 unspecified atom stereocenters. The van der Waals surface area contributed by atoms with Gasteiger partial charge < -0.3 is 11.5 Å². The molecule has 4 bridgehead atoms. The van der Waals surface area contributed by atoms with Gasteiger partial charge in [-0.25, -0.2) is 0 Å². The van der Waals surface area contributed by atoms with Crippen LogP contribution in [0.25, 0.3) is 0 Å². The molecule has 4 aliphatic carbocycles. The maximum atomic E-state index is 5.80. The van der Waals surface area contributed by atoms with E-state index in [1.54, 1.807) is 0 Å². The molecule has 2 nitrogen and oxygen atoms in total. The topological polar surface area (TPSA) is 52.0 Å². The van der Waals surface area contributed by atoms with Gasteiger partial charge in [-0.1, -0.05) is 0 Å². The zero-order chi connectivity index (χ0) is 11.2. The predicted octanol–water partition coefficient (Wildman–Crippen LogP) is 2.38. The first-order valence-corrected chi connectivity index (χ1v) is 8.34. The van der Waals surface area contributed by atoms with Crippen molar-refractivity contribution in [2.75, 3.05) is 11.8 Å². The molecule has 0 amide bonds. The first-order valence-electron chi connectivity index (χ1n) is 6.37. The smallest absolute Gasteiger partial charge is 0.0398 e. The summed E-state index contributed by atoms with van der Waals surface area (Å²) in [5.41, 5.74) is 11.6. The van der Waals surface area contributed by atoms with Gasteiger partial charge in [0.05, 0.1) is 0 Å². The van der Waals surface area contributed by atoms with Crippen LogP contribution in [0.15, 0.2) is 0 Å². The normalized spacial score (nSPS) is 49.9. The van der Waals surface area contributed by atoms with Gasteiger partial charge in [-0.15, -0.1) is 23.5 Å². The van der Waals surface area contributed by atoms with E-state index in [2.05, 4.69) is 0 Å². The second-order valence-electron chi connectivity index (χ2n) is 5.95. The Morgan fingerprint density at radius 1 is 0.875 bits per heavy atom. The fourth-order valence-corrected chi connectivity index (χ4v) is 7.76. The minimum Gasteiger partial charge on any atom is -0.322 e. The molecule has 0 aromatic heterocycles. The molecule has 0 aliphatic heterocycles. The van der Waals surface area contributed by atoms with Crippen molar-refractivity contribution in [3.8, 4) is 0 Å². The molecule has 4 fully saturated rings. The van der Waals surface area contributed by atoms with E-state index in [9.17, 15) is 0 Å². The lowest BCUT2D eigenvalue weighted by Gasteiger charge is -2.61. The zero-order valence-electron chi connectivity index (χ0n) is 9.78. The van der Waals surface area contributed by atoms with Crippen LogP contribution in [0.5, 0.6) is 0 Å². The second kappa shape index (κ2) is 4.08. The van der Waals surface area contributed by atoms with Crippen LogP contribution in [0.2, 0.25) is 0 Å². The Bertz CT molecular complexity index is 244. The molecule has 16 heavy (non-hydrogen) atoms. The van der Waals surface area contributed by atoms with Crippen molar-refractivity contribution in [2.45, 2.75) is 48.0 Å². The summed E-state index contributed by atoms with van der Waals surface area (Å²) in [6.07, 6.45) is 8.57. The molecule has 4 aliphatic rings. The molecule has 0 aromatic rings. The van der Waals surface area contributed by atoms with Crippen LogP contribution in [0, 0.1) is 11.8 Å². The lowest BCUT2D eigenvalue weighted by Crippen LogP contribution is -2.56. The van der Waals surface area contributed by atoms with Crippen LogP contribution >= 0.6 is 23.5 Å². The summed E-state index contributed by atoms with van der Waals surface area (Å²) < 4.78 is 1.06. The third kappa shape index (κ3) is 1.82. The number of thioether (sulfide) groups is 2. The van der Waals surface area contributed by atoms with E-state index in [1.165, 1.54) is 38.5 Å². The van der Waals surface area contributed by atoms with Crippen LogP contribution < -0.4 is 11.5 Å². The number of rotatable bonds is 4. The van der Waals surface area contributed by atoms with Gasteiger partial charge in [0.15, 0.2) is 0 Å². The average molecular weight is 258 g/mol. The maximum Gasteiger partial charge on any atom is 0.0398 e. The van der Waals surface area contributed by atoms with Crippen molar-refractivity contribution in [2.24, 2.45) is 23.3 Å². The lowest BCUT2D eigenvalue weighted by molar-refractivity contribution is 0.0575.